The van der Waals surface area contributed by atoms with E-state index in [0.717, 1.165) is 5.69 Å². The van der Waals surface area contributed by atoms with Crippen LogP contribution in [0.25, 0.3) is 0 Å². The van der Waals surface area contributed by atoms with Crippen molar-refractivity contribution < 1.29 is 9.18 Å². The van der Waals surface area contributed by atoms with Gasteiger partial charge in [-0.25, -0.2) is 4.39 Å². The molecular weight excluding hydrogens is 269 g/mol. The zero-order chi connectivity index (χ0) is 15.2. The van der Waals surface area contributed by atoms with Crippen LogP contribution < -0.4 is 10.6 Å². The van der Waals surface area contributed by atoms with Gasteiger partial charge in [0.2, 0.25) is 5.91 Å². The molecule has 0 saturated carbocycles. The maximum absolute atomic E-state index is 13.2. The van der Waals surface area contributed by atoms with Crippen molar-refractivity contribution in [2.24, 2.45) is 0 Å². The molecule has 2 aromatic rings. The van der Waals surface area contributed by atoms with Gasteiger partial charge in [-0.1, -0.05) is 0 Å². The van der Waals surface area contributed by atoms with Crippen molar-refractivity contribution in [1.29, 1.82) is 5.26 Å². The molecule has 0 aliphatic rings. The fourth-order valence-electron chi connectivity index (χ4n) is 1.89. The van der Waals surface area contributed by atoms with Crippen LogP contribution in [0.5, 0.6) is 0 Å². The number of carbonyl (C=O) groups is 1. The van der Waals surface area contributed by atoms with E-state index >= 15 is 0 Å². The molecule has 0 spiro atoms. The smallest absolute Gasteiger partial charge is 0.221 e. The predicted octanol–water partition coefficient (Wildman–Crippen LogP) is 3.27. The molecule has 2 aromatic carbocycles. The molecule has 0 bridgehead atoms. The second kappa shape index (κ2) is 6.53. The Hall–Kier alpha value is -2.87. The van der Waals surface area contributed by atoms with E-state index in [9.17, 15) is 9.18 Å². The first-order valence-electron chi connectivity index (χ1n) is 6.38. The molecule has 2 rings (SSSR count). The van der Waals surface area contributed by atoms with E-state index in [1.54, 1.807) is 24.3 Å². The summed E-state index contributed by atoms with van der Waals surface area (Å²) in [5.41, 5.74) is 2.57. The Bertz CT molecular complexity index is 690. The standard InChI is InChI=1S/C16H14FN3O/c1-11(21)20-16-6-4-15(5-7-16)19-10-13-8-14(17)3-2-12(13)9-18/h2-8,19H,10H2,1H3,(H,20,21). The summed E-state index contributed by atoms with van der Waals surface area (Å²) in [6.45, 7) is 1.79. The van der Waals surface area contributed by atoms with Crippen LogP contribution >= 0.6 is 0 Å². The zero-order valence-corrected chi connectivity index (χ0v) is 11.5. The first-order chi connectivity index (χ1) is 10.1. The van der Waals surface area contributed by atoms with Crippen LogP contribution in [-0.4, -0.2) is 5.91 Å². The van der Waals surface area contributed by atoms with E-state index in [0.29, 0.717) is 23.4 Å². The third kappa shape index (κ3) is 4.05. The zero-order valence-electron chi connectivity index (χ0n) is 11.5. The lowest BCUT2D eigenvalue weighted by molar-refractivity contribution is -0.114. The van der Waals surface area contributed by atoms with Crippen molar-refractivity contribution in [2.75, 3.05) is 10.6 Å². The summed E-state index contributed by atoms with van der Waals surface area (Å²) in [4.78, 5) is 10.9. The number of halogens is 1. The maximum atomic E-state index is 13.2. The van der Waals surface area contributed by atoms with Crippen LogP contribution in [0.3, 0.4) is 0 Å². The molecule has 0 radical (unpaired) electrons. The van der Waals surface area contributed by atoms with Crippen molar-refractivity contribution in [3.05, 3.63) is 59.4 Å². The number of nitriles is 1. The van der Waals surface area contributed by atoms with Gasteiger partial charge in [0.25, 0.3) is 0 Å². The van der Waals surface area contributed by atoms with Crippen LogP contribution in [0.4, 0.5) is 15.8 Å². The Morgan fingerprint density at radius 1 is 1.19 bits per heavy atom. The van der Waals surface area contributed by atoms with Gasteiger partial charge in [-0.05, 0) is 48.0 Å². The molecule has 106 valence electrons. The Balaban J connectivity index is 2.05. The SMILES string of the molecule is CC(=O)Nc1ccc(NCc2cc(F)ccc2C#N)cc1. The van der Waals surface area contributed by atoms with Crippen molar-refractivity contribution in [3.8, 4) is 6.07 Å². The van der Waals surface area contributed by atoms with Gasteiger partial charge in [0.1, 0.15) is 5.82 Å². The van der Waals surface area contributed by atoms with Gasteiger partial charge in [-0.3, -0.25) is 4.79 Å². The summed E-state index contributed by atoms with van der Waals surface area (Å²) in [7, 11) is 0. The molecule has 4 nitrogen and oxygen atoms in total. The summed E-state index contributed by atoms with van der Waals surface area (Å²) >= 11 is 0. The molecule has 0 heterocycles. The van der Waals surface area contributed by atoms with Crippen molar-refractivity contribution in [2.45, 2.75) is 13.5 Å². The van der Waals surface area contributed by atoms with Gasteiger partial charge in [-0.15, -0.1) is 0 Å². The Morgan fingerprint density at radius 2 is 1.86 bits per heavy atom. The summed E-state index contributed by atoms with van der Waals surface area (Å²) in [5, 5.41) is 14.8. The first-order valence-corrected chi connectivity index (χ1v) is 6.38. The number of hydrogen-bond donors (Lipinski definition) is 2. The summed E-state index contributed by atoms with van der Waals surface area (Å²) < 4.78 is 13.2. The summed E-state index contributed by atoms with van der Waals surface area (Å²) in [6, 6.07) is 13.2. The number of hydrogen-bond acceptors (Lipinski definition) is 3. The molecule has 0 saturated heterocycles. The third-order valence-electron chi connectivity index (χ3n) is 2.88. The molecule has 2 N–H and O–H groups in total. The molecule has 0 fully saturated rings. The molecule has 0 atom stereocenters. The summed E-state index contributed by atoms with van der Waals surface area (Å²) in [6.07, 6.45) is 0. The minimum Gasteiger partial charge on any atom is -0.381 e. The highest BCUT2D eigenvalue weighted by Gasteiger charge is 2.04. The predicted molar refractivity (Wildman–Crippen MR) is 79.2 cm³/mol. The van der Waals surface area contributed by atoms with Crippen LogP contribution in [0.1, 0.15) is 18.1 Å². The first kappa shape index (κ1) is 14.5. The maximum Gasteiger partial charge on any atom is 0.221 e. The van der Waals surface area contributed by atoms with E-state index in [4.69, 9.17) is 5.26 Å². The molecule has 5 heteroatoms. The average molecular weight is 283 g/mol. The quantitative estimate of drug-likeness (QED) is 0.905. The second-order valence-corrected chi connectivity index (χ2v) is 4.53. The van der Waals surface area contributed by atoms with E-state index in [2.05, 4.69) is 10.6 Å². The number of rotatable bonds is 4. The normalized spacial score (nSPS) is 9.76. The Labute approximate surface area is 122 Å². The van der Waals surface area contributed by atoms with Gasteiger partial charge in [0.05, 0.1) is 11.6 Å². The average Bonchev–Trinajstić information content (AvgIpc) is 2.46. The second-order valence-electron chi connectivity index (χ2n) is 4.53. The van der Waals surface area contributed by atoms with Gasteiger partial charge < -0.3 is 10.6 Å². The fourth-order valence-corrected chi connectivity index (χ4v) is 1.89. The van der Waals surface area contributed by atoms with E-state index in [1.165, 1.54) is 25.1 Å². The fraction of sp³-hybridized carbons (Fsp3) is 0.125. The van der Waals surface area contributed by atoms with Crippen LogP contribution in [-0.2, 0) is 11.3 Å². The highest BCUT2D eigenvalue weighted by molar-refractivity contribution is 5.88. The molecule has 0 aliphatic heterocycles. The van der Waals surface area contributed by atoms with E-state index in [1.807, 2.05) is 6.07 Å². The lowest BCUT2D eigenvalue weighted by atomic mass is 10.1. The van der Waals surface area contributed by atoms with Crippen molar-refractivity contribution in [1.82, 2.24) is 0 Å². The molecule has 0 aromatic heterocycles. The Kier molecular flexibility index (Phi) is 4.52. The van der Waals surface area contributed by atoms with Crippen LogP contribution in [0.2, 0.25) is 0 Å². The Morgan fingerprint density at radius 3 is 2.48 bits per heavy atom. The minimum absolute atomic E-state index is 0.130. The highest BCUT2D eigenvalue weighted by Crippen LogP contribution is 2.16. The highest BCUT2D eigenvalue weighted by atomic mass is 19.1. The van der Waals surface area contributed by atoms with E-state index < -0.39 is 0 Å². The summed E-state index contributed by atoms with van der Waals surface area (Å²) in [5.74, 6) is -0.499. The molecule has 0 aliphatic carbocycles. The molecular formula is C16H14FN3O. The van der Waals surface area contributed by atoms with E-state index in [-0.39, 0.29) is 11.7 Å². The van der Waals surface area contributed by atoms with Crippen molar-refractivity contribution in [3.63, 3.8) is 0 Å². The number of amides is 1. The van der Waals surface area contributed by atoms with Crippen LogP contribution in [0, 0.1) is 17.1 Å². The molecule has 0 unspecified atom stereocenters. The minimum atomic E-state index is -0.369. The number of nitrogens with one attached hydrogen (secondary N) is 2. The lowest BCUT2D eigenvalue weighted by Gasteiger charge is -2.09. The van der Waals surface area contributed by atoms with Gasteiger partial charge in [0.15, 0.2) is 0 Å². The van der Waals surface area contributed by atoms with Gasteiger partial charge in [0, 0.05) is 24.8 Å². The lowest BCUT2D eigenvalue weighted by Crippen LogP contribution is -2.06. The van der Waals surface area contributed by atoms with Gasteiger partial charge in [-0.2, -0.15) is 5.26 Å². The number of carbonyl (C=O) groups excluding carboxylic acids is 1. The topological polar surface area (TPSA) is 64.9 Å². The number of anilines is 2. The number of nitrogens with zero attached hydrogens (tertiary/aromatic N) is 1. The number of benzene rings is 2. The monoisotopic (exact) mass is 283 g/mol. The molecule has 1 amide bonds. The van der Waals surface area contributed by atoms with Crippen molar-refractivity contribution >= 4 is 17.3 Å². The van der Waals surface area contributed by atoms with Crippen LogP contribution in [0.15, 0.2) is 42.5 Å². The third-order valence-corrected chi connectivity index (χ3v) is 2.88. The van der Waals surface area contributed by atoms with Gasteiger partial charge >= 0.3 is 0 Å². The molecule has 21 heavy (non-hydrogen) atoms. The largest absolute Gasteiger partial charge is 0.381 e.